The summed E-state index contributed by atoms with van der Waals surface area (Å²) in [6, 6.07) is 5.85. The van der Waals surface area contributed by atoms with Crippen molar-refractivity contribution in [3.05, 3.63) is 28.8 Å². The van der Waals surface area contributed by atoms with Crippen LogP contribution in [0.2, 0.25) is 5.02 Å². The highest BCUT2D eigenvalue weighted by Gasteiger charge is 2.08. The van der Waals surface area contributed by atoms with Gasteiger partial charge in [-0.2, -0.15) is 0 Å². The molecule has 0 saturated heterocycles. The molecule has 114 valence electrons. The first kappa shape index (κ1) is 17.3. The first-order valence-electron chi connectivity index (χ1n) is 7.33. The molecule has 0 amide bonds. The lowest BCUT2D eigenvalue weighted by atomic mass is 10.2. The molecular formula is C16H26ClNO2. The molecule has 0 aromatic heterocycles. The fourth-order valence-corrected chi connectivity index (χ4v) is 2.02. The van der Waals surface area contributed by atoms with Gasteiger partial charge >= 0.3 is 0 Å². The minimum atomic E-state index is 0.525. The first-order chi connectivity index (χ1) is 9.65. The zero-order valence-electron chi connectivity index (χ0n) is 12.7. The number of hydrogen-bond donors (Lipinski definition) is 1. The van der Waals surface area contributed by atoms with E-state index >= 15 is 0 Å². The highest BCUT2D eigenvalue weighted by Crippen LogP contribution is 2.28. The van der Waals surface area contributed by atoms with Crippen LogP contribution < -0.4 is 10.1 Å². The van der Waals surface area contributed by atoms with Crippen LogP contribution >= 0.6 is 11.6 Å². The van der Waals surface area contributed by atoms with E-state index < -0.39 is 0 Å². The summed E-state index contributed by atoms with van der Waals surface area (Å²) in [5.41, 5.74) is 1.09. The molecule has 0 aliphatic heterocycles. The molecule has 3 nitrogen and oxygen atoms in total. The summed E-state index contributed by atoms with van der Waals surface area (Å²) in [6.45, 7) is 10.0. The monoisotopic (exact) mass is 299 g/mol. The third kappa shape index (κ3) is 6.60. The predicted octanol–water partition coefficient (Wildman–Crippen LogP) is 3.89. The predicted molar refractivity (Wildman–Crippen MR) is 84.6 cm³/mol. The molecular weight excluding hydrogens is 274 g/mol. The molecule has 4 heteroatoms. The highest BCUT2D eigenvalue weighted by atomic mass is 35.5. The lowest BCUT2D eigenvalue weighted by Gasteiger charge is -2.14. The molecule has 0 radical (unpaired) electrons. The van der Waals surface area contributed by atoms with Gasteiger partial charge in [0.15, 0.2) is 0 Å². The number of benzene rings is 1. The van der Waals surface area contributed by atoms with Crippen LogP contribution in [0.3, 0.4) is 0 Å². The summed E-state index contributed by atoms with van der Waals surface area (Å²) in [4.78, 5) is 0. The molecule has 0 heterocycles. The number of nitrogens with one attached hydrogen (secondary N) is 1. The standard InChI is InChI=1S/C16H26ClNO2/c1-4-8-18-11-14-6-5-7-15(17)16(14)20-10-9-19-12-13(2)3/h5-7,13,18H,4,8-12H2,1-3H3. The summed E-state index contributed by atoms with van der Waals surface area (Å²) in [6.07, 6.45) is 1.11. The highest BCUT2D eigenvalue weighted by molar-refractivity contribution is 6.32. The second-order valence-electron chi connectivity index (χ2n) is 5.22. The van der Waals surface area contributed by atoms with Crippen molar-refractivity contribution in [1.29, 1.82) is 0 Å². The van der Waals surface area contributed by atoms with Crippen LogP contribution in [-0.4, -0.2) is 26.4 Å². The van der Waals surface area contributed by atoms with E-state index in [1.165, 1.54) is 0 Å². The van der Waals surface area contributed by atoms with Gasteiger partial charge in [0.2, 0.25) is 0 Å². The maximum Gasteiger partial charge on any atom is 0.142 e. The Morgan fingerprint density at radius 1 is 1.25 bits per heavy atom. The molecule has 1 aromatic rings. The van der Waals surface area contributed by atoms with Crippen LogP contribution in [0, 0.1) is 5.92 Å². The van der Waals surface area contributed by atoms with Gasteiger partial charge in [0.25, 0.3) is 0 Å². The van der Waals surface area contributed by atoms with E-state index in [4.69, 9.17) is 21.1 Å². The van der Waals surface area contributed by atoms with Gasteiger partial charge in [-0.3, -0.25) is 0 Å². The Bertz CT molecular complexity index is 383. The lowest BCUT2D eigenvalue weighted by molar-refractivity contribution is 0.0816. The number of hydrogen-bond acceptors (Lipinski definition) is 3. The van der Waals surface area contributed by atoms with E-state index in [2.05, 4.69) is 26.1 Å². The Morgan fingerprint density at radius 3 is 2.75 bits per heavy atom. The average Bonchev–Trinajstić information content (AvgIpc) is 2.41. The molecule has 1 rings (SSSR count). The molecule has 0 aliphatic rings. The topological polar surface area (TPSA) is 30.5 Å². The summed E-state index contributed by atoms with van der Waals surface area (Å²) in [7, 11) is 0. The van der Waals surface area contributed by atoms with Gasteiger partial charge in [0.05, 0.1) is 11.6 Å². The molecule has 0 bridgehead atoms. The molecule has 0 spiro atoms. The summed E-state index contributed by atoms with van der Waals surface area (Å²) < 4.78 is 11.3. The van der Waals surface area contributed by atoms with Crippen molar-refractivity contribution in [3.63, 3.8) is 0 Å². The molecule has 1 aromatic carbocycles. The van der Waals surface area contributed by atoms with E-state index in [1.54, 1.807) is 0 Å². The number of rotatable bonds is 10. The maximum atomic E-state index is 6.21. The average molecular weight is 300 g/mol. The van der Waals surface area contributed by atoms with E-state index in [1.807, 2.05) is 18.2 Å². The Hall–Kier alpha value is -0.770. The Morgan fingerprint density at radius 2 is 2.05 bits per heavy atom. The molecule has 0 fully saturated rings. The summed E-state index contributed by atoms with van der Waals surface area (Å²) >= 11 is 6.21. The molecule has 1 N–H and O–H groups in total. The molecule has 0 aliphatic carbocycles. The van der Waals surface area contributed by atoms with Crippen molar-refractivity contribution in [1.82, 2.24) is 5.32 Å². The zero-order valence-corrected chi connectivity index (χ0v) is 13.5. The van der Waals surface area contributed by atoms with E-state index in [0.29, 0.717) is 24.2 Å². The fourth-order valence-electron chi connectivity index (χ4n) is 1.78. The molecule has 0 atom stereocenters. The van der Waals surface area contributed by atoms with E-state index in [9.17, 15) is 0 Å². The van der Waals surface area contributed by atoms with Gasteiger partial charge in [-0.25, -0.2) is 0 Å². The van der Waals surface area contributed by atoms with Crippen LogP contribution in [-0.2, 0) is 11.3 Å². The zero-order chi connectivity index (χ0) is 14.8. The van der Waals surface area contributed by atoms with Crippen molar-refractivity contribution < 1.29 is 9.47 Å². The fraction of sp³-hybridized carbons (Fsp3) is 0.625. The van der Waals surface area contributed by atoms with Crippen LogP contribution in [0.25, 0.3) is 0 Å². The van der Waals surface area contributed by atoms with Crippen LogP contribution in [0.4, 0.5) is 0 Å². The third-order valence-corrected chi connectivity index (χ3v) is 3.01. The Balaban J connectivity index is 2.45. The Labute approximate surface area is 127 Å². The lowest BCUT2D eigenvalue weighted by Crippen LogP contribution is -2.16. The van der Waals surface area contributed by atoms with Crippen molar-refractivity contribution >= 4 is 11.6 Å². The van der Waals surface area contributed by atoms with Gasteiger partial charge in [-0.15, -0.1) is 0 Å². The minimum Gasteiger partial charge on any atom is -0.489 e. The van der Waals surface area contributed by atoms with Gasteiger partial charge in [0, 0.05) is 18.7 Å². The van der Waals surface area contributed by atoms with Crippen molar-refractivity contribution in [2.24, 2.45) is 5.92 Å². The van der Waals surface area contributed by atoms with Gasteiger partial charge in [0.1, 0.15) is 12.4 Å². The second-order valence-corrected chi connectivity index (χ2v) is 5.63. The Kier molecular flexibility index (Phi) is 8.67. The minimum absolute atomic E-state index is 0.525. The normalized spacial score (nSPS) is 11.1. The number of ether oxygens (including phenoxy) is 2. The third-order valence-electron chi connectivity index (χ3n) is 2.72. The van der Waals surface area contributed by atoms with Crippen molar-refractivity contribution in [3.8, 4) is 5.75 Å². The van der Waals surface area contributed by atoms with Gasteiger partial charge in [-0.05, 0) is 24.9 Å². The molecule has 0 saturated carbocycles. The van der Waals surface area contributed by atoms with Crippen LogP contribution in [0.15, 0.2) is 18.2 Å². The number of para-hydroxylation sites is 1. The van der Waals surface area contributed by atoms with Crippen LogP contribution in [0.5, 0.6) is 5.75 Å². The SMILES string of the molecule is CCCNCc1cccc(Cl)c1OCCOCC(C)C. The smallest absolute Gasteiger partial charge is 0.142 e. The van der Waals surface area contributed by atoms with E-state index in [0.717, 1.165) is 37.4 Å². The van der Waals surface area contributed by atoms with Crippen molar-refractivity contribution in [2.45, 2.75) is 33.7 Å². The number of halogens is 1. The quantitative estimate of drug-likeness (QED) is 0.665. The molecule has 0 unspecified atom stereocenters. The second kappa shape index (κ2) is 10.0. The largest absolute Gasteiger partial charge is 0.489 e. The maximum absolute atomic E-state index is 6.21. The summed E-state index contributed by atoms with van der Waals surface area (Å²) in [5, 5.41) is 4.02. The van der Waals surface area contributed by atoms with Crippen LogP contribution in [0.1, 0.15) is 32.8 Å². The van der Waals surface area contributed by atoms with Gasteiger partial charge in [-0.1, -0.05) is 44.5 Å². The van der Waals surface area contributed by atoms with Crippen molar-refractivity contribution in [2.75, 3.05) is 26.4 Å². The van der Waals surface area contributed by atoms with E-state index in [-0.39, 0.29) is 0 Å². The first-order valence-corrected chi connectivity index (χ1v) is 7.71. The summed E-state index contributed by atoms with van der Waals surface area (Å²) in [5.74, 6) is 1.31. The van der Waals surface area contributed by atoms with Gasteiger partial charge < -0.3 is 14.8 Å². The molecule has 20 heavy (non-hydrogen) atoms.